The Labute approximate surface area is 127 Å². The summed E-state index contributed by atoms with van der Waals surface area (Å²) in [6.45, 7) is 4.22. The zero-order chi connectivity index (χ0) is 15.3. The molecule has 0 atom stereocenters. The van der Waals surface area contributed by atoms with Gasteiger partial charge < -0.3 is 9.05 Å². The molecule has 0 aliphatic heterocycles. The molecule has 120 valence electrons. The van der Waals surface area contributed by atoms with Crippen molar-refractivity contribution < 1.29 is 18.5 Å². The van der Waals surface area contributed by atoms with Crippen molar-refractivity contribution in [3.8, 4) is 0 Å². The van der Waals surface area contributed by atoms with Crippen molar-refractivity contribution >= 4 is 7.82 Å². The molecule has 0 aromatic carbocycles. The Morgan fingerprint density at radius 1 is 0.905 bits per heavy atom. The molecule has 2 rings (SSSR count). The molecule has 0 spiro atoms. The third-order valence-corrected chi connectivity index (χ3v) is 5.01. The minimum Gasteiger partial charge on any atom is -0.400 e. The molecule has 0 heterocycles. The average molecular weight is 314 g/mol. The summed E-state index contributed by atoms with van der Waals surface area (Å²) in [6, 6.07) is 0. The Kier molecular flexibility index (Phi) is 5.95. The summed E-state index contributed by atoms with van der Waals surface area (Å²) in [7, 11) is -4.03. The quantitative estimate of drug-likeness (QED) is 0.593. The van der Waals surface area contributed by atoms with Gasteiger partial charge in [-0.1, -0.05) is 26.7 Å². The number of phosphoric ester groups is 1. The average Bonchev–Trinajstić information content (AvgIpc) is 3.01. The Morgan fingerprint density at radius 2 is 1.33 bits per heavy atom. The first kappa shape index (κ1) is 16.6. The van der Waals surface area contributed by atoms with Gasteiger partial charge in [0.25, 0.3) is 0 Å². The predicted octanol–water partition coefficient (Wildman–Crippen LogP) is 5.60. The molecule has 21 heavy (non-hydrogen) atoms. The smallest absolute Gasteiger partial charge is 0.400 e. The maximum atomic E-state index is 12.3. The Hall–Kier alpha value is -0.730. The molecule has 5 heteroatoms. The van der Waals surface area contributed by atoms with Crippen molar-refractivity contribution in [3.05, 3.63) is 22.7 Å². The van der Waals surface area contributed by atoms with Gasteiger partial charge in [0.2, 0.25) is 0 Å². The highest BCUT2D eigenvalue weighted by atomic mass is 31.2. The molecule has 0 radical (unpaired) electrons. The van der Waals surface area contributed by atoms with Crippen molar-refractivity contribution in [1.82, 2.24) is 0 Å². The van der Waals surface area contributed by atoms with Crippen LogP contribution in [0.2, 0.25) is 0 Å². The lowest BCUT2D eigenvalue weighted by atomic mass is 10.1. The normalized spacial score (nSPS) is 19.6. The summed E-state index contributed by atoms with van der Waals surface area (Å²) in [6.07, 6.45) is 9.43. The van der Waals surface area contributed by atoms with E-state index in [9.17, 15) is 9.46 Å². The van der Waals surface area contributed by atoms with E-state index in [0.29, 0.717) is 11.5 Å². The van der Waals surface area contributed by atoms with Gasteiger partial charge >= 0.3 is 7.82 Å². The number of allylic oxidation sites excluding steroid dienone is 4. The van der Waals surface area contributed by atoms with Gasteiger partial charge in [0.1, 0.15) is 11.5 Å². The van der Waals surface area contributed by atoms with Gasteiger partial charge in [-0.15, -0.1) is 0 Å². The molecule has 0 aromatic rings. The number of rotatable bonds is 8. The highest BCUT2D eigenvalue weighted by Crippen LogP contribution is 2.52. The van der Waals surface area contributed by atoms with Crippen LogP contribution in [-0.2, 0) is 13.6 Å². The van der Waals surface area contributed by atoms with Gasteiger partial charge in [-0.3, -0.25) is 4.89 Å². The summed E-state index contributed by atoms with van der Waals surface area (Å²) < 4.78 is 23.0. The maximum Gasteiger partial charge on any atom is 0.584 e. The van der Waals surface area contributed by atoms with E-state index in [-0.39, 0.29) is 0 Å². The van der Waals surface area contributed by atoms with E-state index >= 15 is 0 Å². The molecule has 0 bridgehead atoms. The van der Waals surface area contributed by atoms with E-state index in [0.717, 1.165) is 64.2 Å². The molecule has 0 aromatic heterocycles. The van der Waals surface area contributed by atoms with E-state index in [1.54, 1.807) is 0 Å². The van der Waals surface area contributed by atoms with E-state index in [4.69, 9.17) is 9.05 Å². The first-order valence-corrected chi connectivity index (χ1v) is 9.69. The van der Waals surface area contributed by atoms with Crippen LogP contribution in [0.25, 0.3) is 0 Å². The monoisotopic (exact) mass is 314 g/mol. The summed E-state index contributed by atoms with van der Waals surface area (Å²) in [5, 5.41) is 0. The molecule has 2 aliphatic rings. The van der Waals surface area contributed by atoms with Crippen LogP contribution in [0.15, 0.2) is 22.7 Å². The fourth-order valence-electron chi connectivity index (χ4n) is 3.21. The first-order valence-electron chi connectivity index (χ1n) is 8.19. The predicted molar refractivity (Wildman–Crippen MR) is 83.6 cm³/mol. The molecule has 0 unspecified atom stereocenters. The van der Waals surface area contributed by atoms with Crippen LogP contribution < -0.4 is 0 Å². The summed E-state index contributed by atoms with van der Waals surface area (Å²) in [5.74, 6) is 1.39. The van der Waals surface area contributed by atoms with Crippen LogP contribution in [0.4, 0.5) is 0 Å². The molecule has 1 N–H and O–H groups in total. The second-order valence-corrected chi connectivity index (χ2v) is 7.21. The van der Waals surface area contributed by atoms with Gasteiger partial charge in [-0.05, 0) is 49.7 Å². The standard InChI is InChI=1S/C16H27O4P/c1-3-7-13-9-5-11-15(13)19-21(17,18)20-16-12-6-10-14(16)8-4-2/h3-12H2,1-2H3,(H,17,18). The number of phosphoric acid groups is 1. The molecule has 4 nitrogen and oxygen atoms in total. The lowest BCUT2D eigenvalue weighted by Gasteiger charge is -2.17. The topological polar surface area (TPSA) is 55.8 Å². The van der Waals surface area contributed by atoms with Gasteiger partial charge in [0.15, 0.2) is 0 Å². The van der Waals surface area contributed by atoms with Crippen molar-refractivity contribution in [2.24, 2.45) is 0 Å². The summed E-state index contributed by atoms with van der Waals surface area (Å²) in [5.41, 5.74) is 2.37. The Morgan fingerprint density at radius 3 is 1.71 bits per heavy atom. The van der Waals surface area contributed by atoms with Gasteiger partial charge in [0.05, 0.1) is 0 Å². The van der Waals surface area contributed by atoms with Crippen LogP contribution >= 0.6 is 7.82 Å². The molecular formula is C16H27O4P. The zero-order valence-corrected chi connectivity index (χ0v) is 14.1. The number of hydrogen-bond donors (Lipinski definition) is 1. The SMILES string of the molecule is CCCC1=C(OP(=O)(O)OC2=C(CCC)CCC2)CCC1. The highest BCUT2D eigenvalue weighted by molar-refractivity contribution is 7.47. The third-order valence-electron chi connectivity index (χ3n) is 4.11. The van der Waals surface area contributed by atoms with Crippen molar-refractivity contribution in [2.75, 3.05) is 0 Å². The van der Waals surface area contributed by atoms with E-state index in [2.05, 4.69) is 13.8 Å². The highest BCUT2D eigenvalue weighted by Gasteiger charge is 2.31. The van der Waals surface area contributed by atoms with E-state index < -0.39 is 7.82 Å². The molecule has 0 fully saturated rings. The van der Waals surface area contributed by atoms with Gasteiger partial charge in [-0.25, -0.2) is 4.57 Å². The Balaban J connectivity index is 2.03. The lowest BCUT2D eigenvalue weighted by Crippen LogP contribution is -1.97. The van der Waals surface area contributed by atoms with Crippen LogP contribution in [0, 0.1) is 0 Å². The number of hydrogen-bond acceptors (Lipinski definition) is 3. The fourth-order valence-corrected chi connectivity index (χ4v) is 4.24. The first-order chi connectivity index (χ1) is 10.1. The lowest BCUT2D eigenvalue weighted by molar-refractivity contribution is 0.208. The molecule has 0 saturated carbocycles. The molecule has 2 aliphatic carbocycles. The van der Waals surface area contributed by atoms with E-state index in [1.165, 1.54) is 11.1 Å². The van der Waals surface area contributed by atoms with E-state index in [1.807, 2.05) is 0 Å². The maximum absolute atomic E-state index is 12.3. The third kappa shape index (κ3) is 4.62. The zero-order valence-electron chi connectivity index (χ0n) is 13.2. The minimum atomic E-state index is -4.03. The van der Waals surface area contributed by atoms with Crippen molar-refractivity contribution in [2.45, 2.75) is 78.1 Å². The van der Waals surface area contributed by atoms with Crippen molar-refractivity contribution in [1.29, 1.82) is 0 Å². The van der Waals surface area contributed by atoms with Crippen LogP contribution in [-0.4, -0.2) is 4.89 Å². The molecule has 0 amide bonds. The van der Waals surface area contributed by atoms with Gasteiger partial charge in [0, 0.05) is 12.8 Å². The van der Waals surface area contributed by atoms with Crippen molar-refractivity contribution in [3.63, 3.8) is 0 Å². The summed E-state index contributed by atoms with van der Waals surface area (Å²) in [4.78, 5) is 10.1. The fraction of sp³-hybridized carbons (Fsp3) is 0.750. The molecular weight excluding hydrogens is 287 g/mol. The largest absolute Gasteiger partial charge is 0.584 e. The summed E-state index contributed by atoms with van der Waals surface area (Å²) >= 11 is 0. The second kappa shape index (κ2) is 7.51. The van der Waals surface area contributed by atoms with Crippen LogP contribution in [0.1, 0.15) is 78.1 Å². The second-order valence-electron chi connectivity index (χ2n) is 5.91. The van der Waals surface area contributed by atoms with Gasteiger partial charge in [-0.2, -0.15) is 0 Å². The Bertz CT molecular complexity index is 439. The molecule has 0 saturated heterocycles. The van der Waals surface area contributed by atoms with Crippen LogP contribution in [0.5, 0.6) is 0 Å². The van der Waals surface area contributed by atoms with Crippen LogP contribution in [0.3, 0.4) is 0 Å². The minimum absolute atomic E-state index is 0.693.